The van der Waals surface area contributed by atoms with Crippen molar-refractivity contribution in [2.75, 3.05) is 6.54 Å². The van der Waals surface area contributed by atoms with Crippen molar-refractivity contribution in [2.24, 2.45) is 0 Å². The Labute approximate surface area is 113 Å². The van der Waals surface area contributed by atoms with E-state index in [9.17, 15) is 0 Å². The number of hydrogen-bond acceptors (Lipinski definition) is 3. The van der Waals surface area contributed by atoms with Crippen LogP contribution in [0.3, 0.4) is 0 Å². The molecule has 0 saturated carbocycles. The fourth-order valence-corrected chi connectivity index (χ4v) is 2.99. The van der Waals surface area contributed by atoms with E-state index in [1.807, 2.05) is 11.3 Å². The van der Waals surface area contributed by atoms with Crippen LogP contribution in [0.5, 0.6) is 0 Å². The highest BCUT2D eigenvalue weighted by Crippen LogP contribution is 2.25. The van der Waals surface area contributed by atoms with Gasteiger partial charge in [-0.15, -0.1) is 11.3 Å². The Bertz CT molecular complexity index is 471. The Balaban J connectivity index is 2.18. The molecular weight excluding hydrogens is 240 g/mol. The van der Waals surface area contributed by atoms with Crippen molar-refractivity contribution >= 4 is 11.3 Å². The summed E-state index contributed by atoms with van der Waals surface area (Å²) in [5.74, 6) is 0. The summed E-state index contributed by atoms with van der Waals surface area (Å²) in [5.41, 5.74) is 2.51. The van der Waals surface area contributed by atoms with E-state index in [0.717, 1.165) is 18.7 Å². The summed E-state index contributed by atoms with van der Waals surface area (Å²) in [6.07, 6.45) is 1.00. The van der Waals surface area contributed by atoms with Crippen LogP contribution in [-0.2, 0) is 6.42 Å². The fourth-order valence-electron chi connectivity index (χ4n) is 1.99. The molecule has 96 valence electrons. The normalized spacial score (nSPS) is 12.6. The third-order valence-corrected chi connectivity index (χ3v) is 4.26. The Morgan fingerprint density at radius 2 is 1.94 bits per heavy atom. The number of nitrogens with one attached hydrogen (secondary N) is 1. The van der Waals surface area contributed by atoms with Crippen LogP contribution in [0.4, 0.5) is 0 Å². The molecule has 0 aliphatic carbocycles. The molecule has 2 nitrogen and oxygen atoms in total. The van der Waals surface area contributed by atoms with Crippen LogP contribution in [0, 0.1) is 13.8 Å². The number of benzene rings is 1. The lowest BCUT2D eigenvalue weighted by molar-refractivity contribution is 0.546. The predicted molar refractivity (Wildman–Crippen MR) is 78.2 cm³/mol. The van der Waals surface area contributed by atoms with Gasteiger partial charge in [0.1, 0.15) is 5.01 Å². The van der Waals surface area contributed by atoms with E-state index in [2.05, 4.69) is 61.4 Å². The van der Waals surface area contributed by atoms with E-state index in [1.54, 1.807) is 0 Å². The SMILES string of the molecule is CCNC(Cc1ccccc1)c1nc(C)c(C)s1. The fraction of sp³-hybridized carbons (Fsp3) is 0.400. The van der Waals surface area contributed by atoms with Gasteiger partial charge in [0.15, 0.2) is 0 Å². The van der Waals surface area contributed by atoms with Crippen molar-refractivity contribution in [1.29, 1.82) is 0 Å². The van der Waals surface area contributed by atoms with Crippen LogP contribution in [0.25, 0.3) is 0 Å². The summed E-state index contributed by atoms with van der Waals surface area (Å²) >= 11 is 1.81. The van der Waals surface area contributed by atoms with Crippen molar-refractivity contribution in [3.63, 3.8) is 0 Å². The highest BCUT2D eigenvalue weighted by molar-refractivity contribution is 7.11. The summed E-state index contributed by atoms with van der Waals surface area (Å²) in [6, 6.07) is 10.9. The van der Waals surface area contributed by atoms with E-state index < -0.39 is 0 Å². The van der Waals surface area contributed by atoms with Gasteiger partial charge in [-0.3, -0.25) is 0 Å². The molecule has 1 aromatic heterocycles. The minimum atomic E-state index is 0.329. The Hall–Kier alpha value is -1.19. The third-order valence-electron chi connectivity index (χ3n) is 3.08. The minimum Gasteiger partial charge on any atom is -0.308 e. The van der Waals surface area contributed by atoms with Crippen LogP contribution in [0.1, 0.15) is 34.1 Å². The molecule has 0 spiro atoms. The second kappa shape index (κ2) is 6.12. The van der Waals surface area contributed by atoms with Crippen molar-refractivity contribution in [3.05, 3.63) is 51.5 Å². The topological polar surface area (TPSA) is 24.9 Å². The number of hydrogen-bond donors (Lipinski definition) is 1. The summed E-state index contributed by atoms with van der Waals surface area (Å²) in [6.45, 7) is 7.34. The zero-order valence-corrected chi connectivity index (χ0v) is 12.1. The second-order valence-corrected chi connectivity index (χ2v) is 5.73. The number of aromatic nitrogens is 1. The highest BCUT2D eigenvalue weighted by atomic mass is 32.1. The Morgan fingerprint density at radius 1 is 1.22 bits per heavy atom. The van der Waals surface area contributed by atoms with Gasteiger partial charge >= 0.3 is 0 Å². The summed E-state index contributed by atoms with van der Waals surface area (Å²) in [4.78, 5) is 6.00. The number of likely N-dealkylation sites (N-methyl/N-ethyl adjacent to an activating group) is 1. The highest BCUT2D eigenvalue weighted by Gasteiger charge is 2.16. The van der Waals surface area contributed by atoms with Gasteiger partial charge in [0.05, 0.1) is 11.7 Å². The number of thiazole rings is 1. The molecule has 1 aromatic carbocycles. The van der Waals surface area contributed by atoms with E-state index in [-0.39, 0.29) is 0 Å². The average Bonchev–Trinajstić information content (AvgIpc) is 2.70. The maximum Gasteiger partial charge on any atom is 0.110 e. The lowest BCUT2D eigenvalue weighted by Gasteiger charge is -2.15. The molecule has 18 heavy (non-hydrogen) atoms. The monoisotopic (exact) mass is 260 g/mol. The van der Waals surface area contributed by atoms with E-state index >= 15 is 0 Å². The van der Waals surface area contributed by atoms with Crippen LogP contribution in [-0.4, -0.2) is 11.5 Å². The molecule has 3 heteroatoms. The summed E-state index contributed by atoms with van der Waals surface area (Å²) in [5, 5.41) is 4.74. The van der Waals surface area contributed by atoms with Crippen molar-refractivity contribution in [3.8, 4) is 0 Å². The molecule has 0 aliphatic heterocycles. The van der Waals surface area contributed by atoms with Crippen molar-refractivity contribution in [1.82, 2.24) is 10.3 Å². The Morgan fingerprint density at radius 3 is 2.50 bits per heavy atom. The standard InChI is InChI=1S/C15H20N2S/c1-4-16-14(10-13-8-6-5-7-9-13)15-17-11(2)12(3)18-15/h5-9,14,16H,4,10H2,1-3H3. The van der Waals surface area contributed by atoms with Gasteiger partial charge in [-0.25, -0.2) is 4.98 Å². The summed E-state index contributed by atoms with van der Waals surface area (Å²) < 4.78 is 0. The molecule has 0 amide bonds. The predicted octanol–water partition coefficient (Wildman–Crippen LogP) is 3.65. The lowest BCUT2D eigenvalue weighted by atomic mass is 10.1. The van der Waals surface area contributed by atoms with Crippen LogP contribution in [0.15, 0.2) is 30.3 Å². The van der Waals surface area contributed by atoms with Gasteiger partial charge in [0.25, 0.3) is 0 Å². The van der Waals surface area contributed by atoms with Gasteiger partial charge in [0.2, 0.25) is 0 Å². The maximum atomic E-state index is 4.68. The van der Waals surface area contributed by atoms with Crippen LogP contribution < -0.4 is 5.32 Å². The maximum absolute atomic E-state index is 4.68. The molecule has 2 rings (SSSR count). The molecule has 1 N–H and O–H groups in total. The Kier molecular flexibility index (Phi) is 4.50. The first-order chi connectivity index (χ1) is 8.70. The van der Waals surface area contributed by atoms with Gasteiger partial charge in [-0.05, 0) is 32.4 Å². The third kappa shape index (κ3) is 3.18. The molecule has 1 atom stereocenters. The molecule has 2 aromatic rings. The minimum absolute atomic E-state index is 0.329. The zero-order valence-electron chi connectivity index (χ0n) is 11.2. The number of nitrogens with zero attached hydrogens (tertiary/aromatic N) is 1. The molecule has 1 unspecified atom stereocenters. The quantitative estimate of drug-likeness (QED) is 0.887. The van der Waals surface area contributed by atoms with E-state index in [4.69, 9.17) is 0 Å². The second-order valence-electron chi connectivity index (χ2n) is 4.49. The first-order valence-corrected chi connectivity index (χ1v) is 7.23. The van der Waals surface area contributed by atoms with Crippen molar-refractivity contribution < 1.29 is 0 Å². The lowest BCUT2D eigenvalue weighted by Crippen LogP contribution is -2.22. The molecule has 0 bridgehead atoms. The average molecular weight is 260 g/mol. The molecular formula is C15H20N2S. The number of rotatable bonds is 5. The summed E-state index contributed by atoms with van der Waals surface area (Å²) in [7, 11) is 0. The van der Waals surface area contributed by atoms with Gasteiger partial charge in [-0.2, -0.15) is 0 Å². The molecule has 0 saturated heterocycles. The number of aryl methyl sites for hydroxylation is 2. The molecule has 0 radical (unpaired) electrons. The smallest absolute Gasteiger partial charge is 0.110 e. The van der Waals surface area contributed by atoms with Gasteiger partial charge in [-0.1, -0.05) is 37.3 Å². The van der Waals surface area contributed by atoms with E-state index in [1.165, 1.54) is 15.4 Å². The zero-order chi connectivity index (χ0) is 13.0. The molecule has 0 aliphatic rings. The van der Waals surface area contributed by atoms with Crippen LogP contribution >= 0.6 is 11.3 Å². The first-order valence-electron chi connectivity index (χ1n) is 6.42. The van der Waals surface area contributed by atoms with Gasteiger partial charge < -0.3 is 5.32 Å². The largest absolute Gasteiger partial charge is 0.308 e. The molecule has 0 fully saturated rings. The van der Waals surface area contributed by atoms with Gasteiger partial charge in [0, 0.05) is 4.88 Å². The first kappa shape index (κ1) is 13.2. The van der Waals surface area contributed by atoms with Crippen molar-refractivity contribution in [2.45, 2.75) is 33.2 Å². The van der Waals surface area contributed by atoms with E-state index in [0.29, 0.717) is 6.04 Å². The molecule has 1 heterocycles. The van der Waals surface area contributed by atoms with Crippen LogP contribution in [0.2, 0.25) is 0 Å².